The van der Waals surface area contributed by atoms with Crippen LogP contribution in [0.25, 0.3) is 0 Å². The van der Waals surface area contributed by atoms with Crippen LogP contribution in [0.3, 0.4) is 0 Å². The van der Waals surface area contributed by atoms with E-state index in [1.807, 2.05) is 14.0 Å². The van der Waals surface area contributed by atoms with Gasteiger partial charge in [0.05, 0.1) is 12.7 Å². The maximum absolute atomic E-state index is 5.33. The number of hydrogen-bond donors (Lipinski definition) is 1. The van der Waals surface area contributed by atoms with Crippen molar-refractivity contribution in [3.8, 4) is 0 Å². The van der Waals surface area contributed by atoms with Crippen molar-refractivity contribution in [2.45, 2.75) is 44.8 Å². The summed E-state index contributed by atoms with van der Waals surface area (Å²) in [6.07, 6.45) is 5.38. The first kappa shape index (κ1) is 12.0. The minimum Gasteiger partial charge on any atom is -0.381 e. The minimum atomic E-state index is 0.500. The molecule has 0 unspecified atom stereocenters. The average Bonchev–Trinajstić information content (AvgIpc) is 2.25. The molecule has 1 aliphatic carbocycles. The molecule has 3 nitrogen and oxygen atoms in total. The monoisotopic (exact) mass is 201 g/mol. The lowest BCUT2D eigenvalue weighted by molar-refractivity contribution is 0.0610. The number of methoxy groups -OCH3 is 1. The van der Waals surface area contributed by atoms with Crippen LogP contribution in [0, 0.1) is 0 Å². The second-order valence-corrected chi connectivity index (χ2v) is 3.86. The van der Waals surface area contributed by atoms with Crippen LogP contribution >= 0.6 is 0 Å². The van der Waals surface area contributed by atoms with Crippen LogP contribution in [0.2, 0.25) is 0 Å². The summed E-state index contributed by atoms with van der Waals surface area (Å²) in [5.41, 5.74) is 0. The summed E-state index contributed by atoms with van der Waals surface area (Å²) in [4.78, 5) is 0. The van der Waals surface area contributed by atoms with E-state index in [0.29, 0.717) is 12.1 Å². The van der Waals surface area contributed by atoms with Crippen molar-refractivity contribution in [1.82, 2.24) is 5.32 Å². The number of hydrogen-bond acceptors (Lipinski definition) is 3. The average molecular weight is 201 g/mol. The maximum Gasteiger partial charge on any atom is 0.0590 e. The van der Waals surface area contributed by atoms with E-state index in [2.05, 4.69) is 5.32 Å². The largest absolute Gasteiger partial charge is 0.381 e. The molecule has 0 aromatic heterocycles. The molecule has 0 aliphatic heterocycles. The Morgan fingerprint density at radius 3 is 2.50 bits per heavy atom. The van der Waals surface area contributed by atoms with Gasteiger partial charge in [0.15, 0.2) is 0 Å². The van der Waals surface area contributed by atoms with Gasteiger partial charge in [0.2, 0.25) is 0 Å². The molecular formula is C11H23NO2. The predicted molar refractivity (Wildman–Crippen MR) is 57.5 cm³/mol. The molecule has 0 bridgehead atoms. The van der Waals surface area contributed by atoms with Crippen LogP contribution in [-0.2, 0) is 9.47 Å². The standard InChI is InChI=1S/C11H23NO2/c1-3-14-9-8-12-10-4-6-11(13-2)7-5-10/h10-12H,3-9H2,1-2H3. The lowest BCUT2D eigenvalue weighted by Gasteiger charge is -2.28. The molecule has 0 radical (unpaired) electrons. The van der Waals surface area contributed by atoms with Gasteiger partial charge in [0, 0.05) is 26.3 Å². The van der Waals surface area contributed by atoms with Crippen LogP contribution in [0.1, 0.15) is 32.6 Å². The summed E-state index contributed by atoms with van der Waals surface area (Å²) in [5, 5.41) is 3.52. The van der Waals surface area contributed by atoms with E-state index in [1.54, 1.807) is 0 Å². The molecule has 0 spiro atoms. The highest BCUT2D eigenvalue weighted by Gasteiger charge is 2.19. The first-order chi connectivity index (χ1) is 6.86. The Bertz CT molecular complexity index is 133. The van der Waals surface area contributed by atoms with Crippen molar-refractivity contribution < 1.29 is 9.47 Å². The van der Waals surface area contributed by atoms with Crippen LogP contribution < -0.4 is 5.32 Å². The molecule has 3 heteroatoms. The highest BCUT2D eigenvalue weighted by atomic mass is 16.5. The van der Waals surface area contributed by atoms with E-state index < -0.39 is 0 Å². The predicted octanol–water partition coefficient (Wildman–Crippen LogP) is 1.57. The van der Waals surface area contributed by atoms with Gasteiger partial charge in [0.1, 0.15) is 0 Å². The second-order valence-electron chi connectivity index (χ2n) is 3.86. The van der Waals surface area contributed by atoms with E-state index in [1.165, 1.54) is 25.7 Å². The van der Waals surface area contributed by atoms with E-state index in [0.717, 1.165) is 19.8 Å². The van der Waals surface area contributed by atoms with Gasteiger partial charge in [-0.05, 0) is 32.6 Å². The van der Waals surface area contributed by atoms with E-state index >= 15 is 0 Å². The number of nitrogens with one attached hydrogen (secondary N) is 1. The Morgan fingerprint density at radius 2 is 1.93 bits per heavy atom. The van der Waals surface area contributed by atoms with Crippen LogP contribution in [0.5, 0.6) is 0 Å². The van der Waals surface area contributed by atoms with Crippen molar-refractivity contribution >= 4 is 0 Å². The number of rotatable bonds is 6. The lowest BCUT2D eigenvalue weighted by Crippen LogP contribution is -2.36. The molecule has 0 aromatic carbocycles. The zero-order valence-corrected chi connectivity index (χ0v) is 9.42. The summed E-state index contributed by atoms with van der Waals surface area (Å²) in [6, 6.07) is 0.682. The zero-order chi connectivity index (χ0) is 10.2. The second kappa shape index (κ2) is 7.21. The molecular weight excluding hydrogens is 178 g/mol. The first-order valence-corrected chi connectivity index (χ1v) is 5.70. The molecule has 84 valence electrons. The van der Waals surface area contributed by atoms with Crippen molar-refractivity contribution in [3.05, 3.63) is 0 Å². The molecule has 0 atom stereocenters. The van der Waals surface area contributed by atoms with Gasteiger partial charge in [-0.1, -0.05) is 0 Å². The minimum absolute atomic E-state index is 0.500. The highest BCUT2D eigenvalue weighted by Crippen LogP contribution is 2.20. The fraction of sp³-hybridized carbons (Fsp3) is 1.00. The fourth-order valence-corrected chi connectivity index (χ4v) is 1.98. The van der Waals surface area contributed by atoms with Gasteiger partial charge in [-0.2, -0.15) is 0 Å². The lowest BCUT2D eigenvalue weighted by atomic mass is 9.93. The van der Waals surface area contributed by atoms with Crippen molar-refractivity contribution in [1.29, 1.82) is 0 Å². The Balaban J connectivity index is 1.98. The SMILES string of the molecule is CCOCCNC1CCC(OC)CC1. The Kier molecular flexibility index (Phi) is 6.15. The quantitative estimate of drug-likeness (QED) is 0.662. The summed E-state index contributed by atoms with van der Waals surface area (Å²) in [6.45, 7) is 4.67. The van der Waals surface area contributed by atoms with Gasteiger partial charge < -0.3 is 14.8 Å². The topological polar surface area (TPSA) is 30.5 Å². The van der Waals surface area contributed by atoms with Crippen molar-refractivity contribution in [3.63, 3.8) is 0 Å². The molecule has 1 rings (SSSR count). The third-order valence-electron chi connectivity index (χ3n) is 2.89. The molecule has 0 heterocycles. The molecule has 0 saturated heterocycles. The number of ether oxygens (including phenoxy) is 2. The van der Waals surface area contributed by atoms with Crippen molar-refractivity contribution in [2.75, 3.05) is 26.9 Å². The van der Waals surface area contributed by atoms with Gasteiger partial charge >= 0.3 is 0 Å². The Morgan fingerprint density at radius 1 is 1.21 bits per heavy atom. The molecule has 1 saturated carbocycles. The zero-order valence-electron chi connectivity index (χ0n) is 9.42. The molecule has 1 fully saturated rings. The normalized spacial score (nSPS) is 27.9. The van der Waals surface area contributed by atoms with Gasteiger partial charge in [-0.15, -0.1) is 0 Å². The summed E-state index contributed by atoms with van der Waals surface area (Å²) >= 11 is 0. The molecule has 0 aromatic rings. The molecule has 0 amide bonds. The van der Waals surface area contributed by atoms with Gasteiger partial charge in [0.25, 0.3) is 0 Å². The van der Waals surface area contributed by atoms with Crippen LogP contribution in [-0.4, -0.2) is 39.0 Å². The van der Waals surface area contributed by atoms with Crippen LogP contribution in [0.4, 0.5) is 0 Å². The summed E-state index contributed by atoms with van der Waals surface area (Å²) in [5.74, 6) is 0. The third kappa shape index (κ3) is 4.40. The Labute approximate surface area is 87.2 Å². The smallest absolute Gasteiger partial charge is 0.0590 e. The molecule has 14 heavy (non-hydrogen) atoms. The fourth-order valence-electron chi connectivity index (χ4n) is 1.98. The maximum atomic E-state index is 5.33. The summed E-state index contributed by atoms with van der Waals surface area (Å²) < 4.78 is 10.6. The molecule has 1 aliphatic rings. The van der Waals surface area contributed by atoms with E-state index in [4.69, 9.17) is 9.47 Å². The molecule has 1 N–H and O–H groups in total. The van der Waals surface area contributed by atoms with Crippen molar-refractivity contribution in [2.24, 2.45) is 0 Å². The van der Waals surface area contributed by atoms with Gasteiger partial charge in [-0.3, -0.25) is 0 Å². The highest BCUT2D eigenvalue weighted by molar-refractivity contribution is 4.77. The van der Waals surface area contributed by atoms with E-state index in [-0.39, 0.29) is 0 Å². The van der Waals surface area contributed by atoms with E-state index in [9.17, 15) is 0 Å². The first-order valence-electron chi connectivity index (χ1n) is 5.70. The summed E-state index contributed by atoms with van der Waals surface area (Å²) in [7, 11) is 1.81. The Hall–Kier alpha value is -0.120. The van der Waals surface area contributed by atoms with Crippen LogP contribution in [0.15, 0.2) is 0 Å². The van der Waals surface area contributed by atoms with Gasteiger partial charge in [-0.25, -0.2) is 0 Å². The third-order valence-corrected chi connectivity index (χ3v) is 2.89.